The molecule has 0 amide bonds. The fourth-order valence-electron chi connectivity index (χ4n) is 4.19. The van der Waals surface area contributed by atoms with Crippen molar-refractivity contribution in [2.24, 2.45) is 10.4 Å². The Bertz CT molecular complexity index is 611. The summed E-state index contributed by atoms with van der Waals surface area (Å²) in [6, 6.07) is 10.7. The summed E-state index contributed by atoms with van der Waals surface area (Å²) in [5.41, 5.74) is -0.0130. The standard InChI is InChI=1S/C22H35N3O2S/c1-2-23-20(24-16-21(12-14-26)13-15-27-18-21)25-17-22(10-6-7-11-22)28-19-8-4-3-5-9-19/h3-5,8-9,26H,2,6-7,10-18H2,1H3,(H2,23,24,25). The predicted molar refractivity (Wildman–Crippen MR) is 117 cm³/mol. The van der Waals surface area contributed by atoms with Crippen LogP contribution in [0, 0.1) is 5.41 Å². The Labute approximate surface area is 173 Å². The number of ether oxygens (including phenoxy) is 1. The molecule has 1 aromatic carbocycles. The molecule has 1 saturated carbocycles. The van der Waals surface area contributed by atoms with Crippen LogP contribution in [0.4, 0.5) is 0 Å². The van der Waals surface area contributed by atoms with E-state index in [9.17, 15) is 5.11 Å². The number of aliphatic hydroxyl groups is 1. The molecule has 1 saturated heterocycles. The quantitative estimate of drug-likeness (QED) is 0.434. The number of nitrogens with one attached hydrogen (secondary N) is 2. The van der Waals surface area contributed by atoms with Gasteiger partial charge in [-0.3, -0.25) is 4.99 Å². The summed E-state index contributed by atoms with van der Waals surface area (Å²) in [6.45, 7) is 6.22. The summed E-state index contributed by atoms with van der Waals surface area (Å²) in [6.07, 6.45) is 6.80. The molecule has 28 heavy (non-hydrogen) atoms. The Morgan fingerprint density at radius 2 is 1.96 bits per heavy atom. The maximum atomic E-state index is 9.44. The van der Waals surface area contributed by atoms with Gasteiger partial charge in [-0.05, 0) is 44.7 Å². The van der Waals surface area contributed by atoms with E-state index in [-0.39, 0.29) is 16.8 Å². The van der Waals surface area contributed by atoms with Crippen molar-refractivity contribution in [1.29, 1.82) is 0 Å². The van der Waals surface area contributed by atoms with Gasteiger partial charge < -0.3 is 20.5 Å². The highest BCUT2D eigenvalue weighted by Crippen LogP contribution is 2.44. The van der Waals surface area contributed by atoms with Crippen molar-refractivity contribution in [3.8, 4) is 0 Å². The third-order valence-corrected chi connectivity index (χ3v) is 7.41. The van der Waals surface area contributed by atoms with Crippen LogP contribution < -0.4 is 10.6 Å². The Morgan fingerprint density at radius 3 is 2.61 bits per heavy atom. The minimum absolute atomic E-state index is 0.0130. The zero-order valence-corrected chi connectivity index (χ0v) is 17.9. The molecule has 0 bridgehead atoms. The van der Waals surface area contributed by atoms with E-state index in [2.05, 4.69) is 47.9 Å². The van der Waals surface area contributed by atoms with Crippen LogP contribution in [-0.4, -0.2) is 55.3 Å². The molecule has 5 nitrogen and oxygen atoms in total. The van der Waals surface area contributed by atoms with Crippen LogP contribution in [-0.2, 0) is 4.74 Å². The third kappa shape index (κ3) is 5.88. The van der Waals surface area contributed by atoms with Crippen molar-refractivity contribution in [3.05, 3.63) is 30.3 Å². The van der Waals surface area contributed by atoms with Crippen LogP contribution in [0.15, 0.2) is 40.2 Å². The first-order valence-electron chi connectivity index (χ1n) is 10.6. The van der Waals surface area contributed by atoms with Crippen molar-refractivity contribution in [1.82, 2.24) is 10.6 Å². The lowest BCUT2D eigenvalue weighted by molar-refractivity contribution is 0.131. The van der Waals surface area contributed by atoms with Crippen LogP contribution in [0.1, 0.15) is 45.4 Å². The molecule has 156 valence electrons. The minimum Gasteiger partial charge on any atom is -0.396 e. The summed E-state index contributed by atoms with van der Waals surface area (Å²) >= 11 is 2.01. The number of aliphatic imine (C=N–C) groups is 1. The van der Waals surface area contributed by atoms with E-state index < -0.39 is 0 Å². The summed E-state index contributed by atoms with van der Waals surface area (Å²) in [7, 11) is 0. The second kappa shape index (κ2) is 10.5. The number of rotatable bonds is 9. The minimum atomic E-state index is -0.0130. The molecule has 3 N–H and O–H groups in total. The van der Waals surface area contributed by atoms with Gasteiger partial charge in [-0.2, -0.15) is 0 Å². The maximum absolute atomic E-state index is 9.44. The molecule has 1 aliphatic heterocycles. The zero-order valence-electron chi connectivity index (χ0n) is 17.1. The van der Waals surface area contributed by atoms with Crippen molar-refractivity contribution in [2.45, 2.75) is 55.1 Å². The average molecular weight is 406 g/mol. The lowest BCUT2D eigenvalue weighted by Gasteiger charge is -2.30. The van der Waals surface area contributed by atoms with Gasteiger partial charge in [-0.25, -0.2) is 0 Å². The van der Waals surface area contributed by atoms with Gasteiger partial charge in [0.2, 0.25) is 0 Å². The second-order valence-electron chi connectivity index (χ2n) is 8.13. The number of guanidine groups is 1. The van der Waals surface area contributed by atoms with Crippen LogP contribution in [0.3, 0.4) is 0 Å². The van der Waals surface area contributed by atoms with Crippen molar-refractivity contribution in [3.63, 3.8) is 0 Å². The van der Waals surface area contributed by atoms with Gasteiger partial charge in [0.15, 0.2) is 5.96 Å². The second-order valence-corrected chi connectivity index (χ2v) is 9.67. The van der Waals surface area contributed by atoms with E-state index in [1.807, 2.05) is 11.8 Å². The van der Waals surface area contributed by atoms with Gasteiger partial charge in [-0.1, -0.05) is 31.0 Å². The van der Waals surface area contributed by atoms with E-state index in [0.717, 1.165) is 38.5 Å². The van der Waals surface area contributed by atoms with Crippen LogP contribution in [0.25, 0.3) is 0 Å². The number of hydrogen-bond donors (Lipinski definition) is 3. The third-order valence-electron chi connectivity index (χ3n) is 5.91. The van der Waals surface area contributed by atoms with Crippen LogP contribution >= 0.6 is 11.8 Å². The summed E-state index contributed by atoms with van der Waals surface area (Å²) in [5.74, 6) is 0.881. The van der Waals surface area contributed by atoms with E-state index in [1.165, 1.54) is 30.6 Å². The van der Waals surface area contributed by atoms with E-state index >= 15 is 0 Å². The fraction of sp³-hybridized carbons (Fsp3) is 0.682. The normalized spacial score (nSPS) is 24.4. The molecule has 0 aromatic heterocycles. The van der Waals surface area contributed by atoms with E-state index in [1.54, 1.807) is 0 Å². The summed E-state index contributed by atoms with van der Waals surface area (Å²) in [5, 5.41) is 16.5. The van der Waals surface area contributed by atoms with E-state index in [0.29, 0.717) is 13.2 Å². The monoisotopic (exact) mass is 405 g/mol. The fourth-order valence-corrected chi connectivity index (χ4v) is 5.62. The molecular weight excluding hydrogens is 370 g/mol. The Kier molecular flexibility index (Phi) is 8.06. The Balaban J connectivity index is 1.63. The number of aliphatic hydroxyl groups excluding tert-OH is 1. The highest BCUT2D eigenvalue weighted by atomic mass is 32.2. The highest BCUT2D eigenvalue weighted by molar-refractivity contribution is 8.00. The number of thioether (sulfide) groups is 1. The van der Waals surface area contributed by atoms with Gasteiger partial charge in [0.1, 0.15) is 0 Å². The van der Waals surface area contributed by atoms with E-state index in [4.69, 9.17) is 9.73 Å². The molecule has 6 heteroatoms. The summed E-state index contributed by atoms with van der Waals surface area (Å²) in [4.78, 5) is 6.22. The largest absolute Gasteiger partial charge is 0.396 e. The van der Waals surface area contributed by atoms with Crippen molar-refractivity contribution < 1.29 is 9.84 Å². The smallest absolute Gasteiger partial charge is 0.191 e. The van der Waals surface area contributed by atoms with Gasteiger partial charge in [0.05, 0.1) is 13.2 Å². The molecule has 1 heterocycles. The van der Waals surface area contributed by atoms with Gasteiger partial charge in [0.25, 0.3) is 0 Å². The topological polar surface area (TPSA) is 65.9 Å². The first kappa shape index (κ1) is 21.5. The molecule has 0 spiro atoms. The molecule has 1 atom stereocenters. The Hall–Kier alpha value is -1.24. The first-order valence-corrected chi connectivity index (χ1v) is 11.5. The highest BCUT2D eigenvalue weighted by Gasteiger charge is 2.36. The zero-order chi connectivity index (χ0) is 19.7. The Morgan fingerprint density at radius 1 is 1.18 bits per heavy atom. The lowest BCUT2D eigenvalue weighted by atomic mass is 9.84. The van der Waals surface area contributed by atoms with Crippen LogP contribution in [0.2, 0.25) is 0 Å². The number of nitrogens with zero attached hydrogens (tertiary/aromatic N) is 1. The molecule has 1 aliphatic carbocycles. The molecule has 1 unspecified atom stereocenters. The predicted octanol–water partition coefficient (Wildman–Crippen LogP) is 3.44. The average Bonchev–Trinajstić information content (AvgIpc) is 3.36. The lowest BCUT2D eigenvalue weighted by Crippen LogP contribution is -2.45. The van der Waals surface area contributed by atoms with Gasteiger partial charge >= 0.3 is 0 Å². The molecule has 0 radical (unpaired) electrons. The molecular formula is C22H35N3O2S. The molecule has 1 aromatic rings. The SMILES string of the molecule is CCNC(=NCC1(CCO)CCOC1)NCC1(Sc2ccccc2)CCCC1. The van der Waals surface area contributed by atoms with Crippen molar-refractivity contribution >= 4 is 17.7 Å². The molecule has 3 rings (SSSR count). The number of hydrogen-bond acceptors (Lipinski definition) is 4. The van der Waals surface area contributed by atoms with Gasteiger partial charge in [-0.15, -0.1) is 11.8 Å². The maximum Gasteiger partial charge on any atom is 0.191 e. The molecule has 2 fully saturated rings. The summed E-state index contributed by atoms with van der Waals surface area (Å²) < 4.78 is 5.84. The first-order chi connectivity index (χ1) is 13.7. The van der Waals surface area contributed by atoms with Gasteiger partial charge in [0, 0.05) is 41.4 Å². The van der Waals surface area contributed by atoms with Crippen molar-refractivity contribution in [2.75, 3.05) is 39.5 Å². The van der Waals surface area contributed by atoms with Crippen LogP contribution in [0.5, 0.6) is 0 Å². The number of benzene rings is 1. The molecule has 2 aliphatic rings.